The van der Waals surface area contributed by atoms with E-state index >= 15 is 0 Å². The molecule has 1 saturated heterocycles. The Labute approximate surface area is 172 Å². The van der Waals surface area contributed by atoms with E-state index in [4.69, 9.17) is 0 Å². The number of hydrogen-bond donors (Lipinski definition) is 2. The van der Waals surface area contributed by atoms with Gasteiger partial charge in [-0.2, -0.15) is 5.10 Å². The molecule has 29 heavy (non-hydrogen) atoms. The molecule has 0 bridgehead atoms. The van der Waals surface area contributed by atoms with Gasteiger partial charge in [0.25, 0.3) is 0 Å². The number of H-pyrrole nitrogens is 1. The van der Waals surface area contributed by atoms with Gasteiger partial charge >= 0.3 is 0 Å². The Bertz CT molecular complexity index is 893. The maximum absolute atomic E-state index is 13.2. The van der Waals surface area contributed by atoms with Gasteiger partial charge in [0.15, 0.2) is 0 Å². The van der Waals surface area contributed by atoms with Gasteiger partial charge in [0, 0.05) is 30.8 Å². The van der Waals surface area contributed by atoms with Crippen molar-refractivity contribution in [1.29, 1.82) is 0 Å². The zero-order valence-electron chi connectivity index (χ0n) is 17.0. The largest absolute Gasteiger partial charge is 0.308 e. The minimum absolute atomic E-state index is 0.230. The minimum Gasteiger partial charge on any atom is -0.308 e. The maximum atomic E-state index is 13.2. The third-order valence-electron chi connectivity index (χ3n) is 5.80. The first kappa shape index (κ1) is 19.8. The van der Waals surface area contributed by atoms with Crippen LogP contribution in [-0.2, 0) is 19.6 Å². The second kappa shape index (κ2) is 9.33. The molecule has 5 heteroatoms. The minimum atomic E-state index is -0.230. The molecule has 0 saturated carbocycles. The fourth-order valence-corrected chi connectivity index (χ4v) is 3.89. The lowest BCUT2D eigenvalue weighted by molar-refractivity contribution is 0.185. The smallest absolute Gasteiger partial charge is 0.123 e. The average molecular weight is 393 g/mol. The van der Waals surface area contributed by atoms with Crippen molar-refractivity contribution in [2.45, 2.75) is 39.4 Å². The summed E-state index contributed by atoms with van der Waals surface area (Å²) in [4.78, 5) is 2.56. The molecule has 2 N–H and O–H groups in total. The van der Waals surface area contributed by atoms with Gasteiger partial charge in [-0.25, -0.2) is 4.39 Å². The monoisotopic (exact) mass is 392 g/mol. The van der Waals surface area contributed by atoms with Gasteiger partial charge in [0.1, 0.15) is 5.82 Å². The number of hydrogen-bond acceptors (Lipinski definition) is 3. The summed E-state index contributed by atoms with van der Waals surface area (Å²) in [7, 11) is 0. The van der Waals surface area contributed by atoms with Crippen LogP contribution in [0.5, 0.6) is 0 Å². The highest BCUT2D eigenvalue weighted by atomic mass is 19.1. The molecule has 2 heterocycles. The molecule has 0 unspecified atom stereocenters. The molecule has 1 aliphatic rings. The summed E-state index contributed by atoms with van der Waals surface area (Å²) < 4.78 is 13.2. The Balaban J connectivity index is 1.28. The van der Waals surface area contributed by atoms with Gasteiger partial charge in [-0.1, -0.05) is 31.2 Å². The summed E-state index contributed by atoms with van der Waals surface area (Å²) >= 11 is 0. The van der Waals surface area contributed by atoms with Crippen LogP contribution in [0.4, 0.5) is 4.39 Å². The van der Waals surface area contributed by atoms with Gasteiger partial charge in [0.05, 0.1) is 11.9 Å². The Morgan fingerprint density at radius 1 is 1.00 bits per heavy atom. The zero-order valence-corrected chi connectivity index (χ0v) is 17.0. The molecule has 1 aromatic heterocycles. The molecule has 1 fully saturated rings. The SMILES string of the molecule is CC1CCN(Cc2ccc(CNCc3cn[nH]c3-c3ccc(F)cc3)cc2)CC1. The maximum Gasteiger partial charge on any atom is 0.123 e. The van der Waals surface area contributed by atoms with Crippen LogP contribution >= 0.6 is 0 Å². The van der Waals surface area contributed by atoms with Crippen molar-refractivity contribution in [3.63, 3.8) is 0 Å². The Hall–Kier alpha value is -2.50. The van der Waals surface area contributed by atoms with Crippen LogP contribution in [0.25, 0.3) is 11.3 Å². The van der Waals surface area contributed by atoms with Crippen LogP contribution in [0, 0.1) is 11.7 Å². The number of benzene rings is 2. The van der Waals surface area contributed by atoms with Gasteiger partial charge < -0.3 is 5.32 Å². The van der Waals surface area contributed by atoms with E-state index in [0.717, 1.165) is 35.8 Å². The van der Waals surface area contributed by atoms with E-state index in [1.165, 1.54) is 49.2 Å². The van der Waals surface area contributed by atoms with E-state index in [9.17, 15) is 4.39 Å². The number of piperidine rings is 1. The third kappa shape index (κ3) is 5.31. The van der Waals surface area contributed by atoms with E-state index in [1.807, 2.05) is 6.20 Å². The Kier molecular flexibility index (Phi) is 6.37. The molecule has 1 aliphatic heterocycles. The first-order valence-electron chi connectivity index (χ1n) is 10.5. The summed E-state index contributed by atoms with van der Waals surface area (Å²) in [5.74, 6) is 0.643. The van der Waals surface area contributed by atoms with Crippen molar-refractivity contribution < 1.29 is 4.39 Å². The summed E-state index contributed by atoms with van der Waals surface area (Å²) in [6.45, 7) is 7.34. The van der Waals surface area contributed by atoms with Crippen molar-refractivity contribution in [3.8, 4) is 11.3 Å². The molecule has 4 rings (SSSR count). The number of rotatable bonds is 7. The molecular formula is C24H29FN4. The van der Waals surface area contributed by atoms with E-state index in [-0.39, 0.29) is 5.82 Å². The van der Waals surface area contributed by atoms with Crippen LogP contribution in [0.15, 0.2) is 54.7 Å². The lowest BCUT2D eigenvalue weighted by Crippen LogP contribution is -2.32. The highest BCUT2D eigenvalue weighted by Gasteiger charge is 2.15. The summed E-state index contributed by atoms with van der Waals surface area (Å²) in [5, 5.41) is 10.7. The second-order valence-electron chi connectivity index (χ2n) is 8.16. The Morgan fingerprint density at radius 2 is 1.69 bits per heavy atom. The van der Waals surface area contributed by atoms with E-state index in [2.05, 4.69) is 51.6 Å². The zero-order chi connectivity index (χ0) is 20.1. The number of nitrogens with zero attached hydrogens (tertiary/aromatic N) is 2. The van der Waals surface area contributed by atoms with Crippen molar-refractivity contribution in [1.82, 2.24) is 20.4 Å². The molecule has 2 aromatic carbocycles. The summed E-state index contributed by atoms with van der Waals surface area (Å²) in [5.41, 5.74) is 5.61. The van der Waals surface area contributed by atoms with E-state index in [1.54, 1.807) is 12.1 Å². The number of nitrogens with one attached hydrogen (secondary N) is 2. The normalized spacial score (nSPS) is 15.7. The predicted molar refractivity (Wildman–Crippen MR) is 115 cm³/mol. The second-order valence-corrected chi connectivity index (χ2v) is 8.16. The standard InChI is InChI=1S/C24H29FN4/c1-18-10-12-29(13-11-18)17-20-4-2-19(3-5-20)14-26-15-22-16-27-28-24(22)21-6-8-23(25)9-7-21/h2-9,16,18,26H,10-15,17H2,1H3,(H,27,28). The topological polar surface area (TPSA) is 44.0 Å². The molecule has 0 radical (unpaired) electrons. The van der Waals surface area contributed by atoms with Crippen LogP contribution in [0.3, 0.4) is 0 Å². The third-order valence-corrected chi connectivity index (χ3v) is 5.80. The number of likely N-dealkylation sites (tertiary alicyclic amines) is 1. The van der Waals surface area contributed by atoms with Crippen LogP contribution in [0.2, 0.25) is 0 Å². The molecule has 0 spiro atoms. The quantitative estimate of drug-likeness (QED) is 0.611. The fourth-order valence-electron chi connectivity index (χ4n) is 3.89. The summed E-state index contributed by atoms with van der Waals surface area (Å²) in [6.07, 6.45) is 4.46. The van der Waals surface area contributed by atoms with Crippen LogP contribution < -0.4 is 5.32 Å². The molecule has 4 nitrogen and oxygen atoms in total. The van der Waals surface area contributed by atoms with Gasteiger partial charge in [-0.05, 0) is 67.2 Å². The van der Waals surface area contributed by atoms with Crippen molar-refractivity contribution in [3.05, 3.63) is 77.2 Å². The lowest BCUT2D eigenvalue weighted by atomic mass is 9.99. The van der Waals surface area contributed by atoms with E-state index in [0.29, 0.717) is 6.54 Å². The molecule has 152 valence electrons. The van der Waals surface area contributed by atoms with E-state index < -0.39 is 0 Å². The number of aromatic amines is 1. The highest BCUT2D eigenvalue weighted by Crippen LogP contribution is 2.21. The summed E-state index contributed by atoms with van der Waals surface area (Å²) in [6, 6.07) is 15.4. The van der Waals surface area contributed by atoms with Crippen LogP contribution in [0.1, 0.15) is 36.5 Å². The Morgan fingerprint density at radius 3 is 2.41 bits per heavy atom. The molecule has 3 aromatic rings. The molecule has 0 amide bonds. The van der Waals surface area contributed by atoms with Crippen molar-refractivity contribution in [2.75, 3.05) is 13.1 Å². The average Bonchev–Trinajstić information content (AvgIpc) is 3.20. The first-order valence-corrected chi connectivity index (χ1v) is 10.5. The van der Waals surface area contributed by atoms with Gasteiger partial charge in [-0.15, -0.1) is 0 Å². The fraction of sp³-hybridized carbons (Fsp3) is 0.375. The first-order chi connectivity index (χ1) is 14.2. The van der Waals surface area contributed by atoms with Crippen LogP contribution in [-0.4, -0.2) is 28.2 Å². The highest BCUT2D eigenvalue weighted by molar-refractivity contribution is 5.62. The van der Waals surface area contributed by atoms with Crippen molar-refractivity contribution >= 4 is 0 Å². The molecular weight excluding hydrogens is 363 g/mol. The molecule has 0 aliphatic carbocycles. The number of halogens is 1. The molecule has 0 atom stereocenters. The van der Waals surface area contributed by atoms with Gasteiger partial charge in [0.2, 0.25) is 0 Å². The number of aromatic nitrogens is 2. The predicted octanol–water partition coefficient (Wildman–Crippen LogP) is 4.74. The lowest BCUT2D eigenvalue weighted by Gasteiger charge is -2.30. The van der Waals surface area contributed by atoms with Crippen molar-refractivity contribution in [2.24, 2.45) is 5.92 Å². The van der Waals surface area contributed by atoms with Gasteiger partial charge in [-0.3, -0.25) is 10.00 Å².